The SMILES string of the molecule is C[C@H](OC(=O)/C(C#N)=C/c1ccc(N(C)C)cc1)C(=O)N(C)C. The Morgan fingerprint density at radius 2 is 1.74 bits per heavy atom. The average Bonchev–Trinajstić information content (AvgIpc) is 2.51. The lowest BCUT2D eigenvalue weighted by atomic mass is 10.1. The first-order valence-electron chi connectivity index (χ1n) is 7.07. The number of carbonyl (C=O) groups is 2. The number of anilines is 1. The second kappa shape index (κ2) is 7.99. The molecule has 0 aliphatic heterocycles. The van der Waals surface area contributed by atoms with Gasteiger partial charge in [-0.1, -0.05) is 12.1 Å². The molecule has 0 radical (unpaired) electrons. The lowest BCUT2D eigenvalue weighted by Crippen LogP contribution is -2.35. The number of hydrogen-bond donors (Lipinski definition) is 0. The standard InChI is InChI=1S/C17H21N3O3/c1-12(16(21)20(4)5)23-17(22)14(11-18)10-13-6-8-15(9-7-13)19(2)3/h6-10,12H,1-5H3/b14-10+/t12-/m0/s1. The second-order valence-electron chi connectivity index (χ2n) is 5.44. The highest BCUT2D eigenvalue weighted by molar-refractivity contribution is 5.99. The highest BCUT2D eigenvalue weighted by atomic mass is 16.5. The predicted molar refractivity (Wildman–Crippen MR) is 88.6 cm³/mol. The van der Waals surface area contributed by atoms with Crippen LogP contribution in [-0.2, 0) is 14.3 Å². The fourth-order valence-electron chi connectivity index (χ4n) is 1.81. The Bertz CT molecular complexity index is 640. The molecule has 1 amide bonds. The number of esters is 1. The maximum atomic E-state index is 12.0. The fraction of sp³-hybridized carbons (Fsp3) is 0.353. The molecule has 23 heavy (non-hydrogen) atoms. The molecule has 1 aromatic rings. The quantitative estimate of drug-likeness (QED) is 0.469. The van der Waals surface area contributed by atoms with Crippen molar-refractivity contribution < 1.29 is 14.3 Å². The topological polar surface area (TPSA) is 73.6 Å². The van der Waals surface area contributed by atoms with E-state index < -0.39 is 12.1 Å². The van der Waals surface area contributed by atoms with Gasteiger partial charge in [0.2, 0.25) is 0 Å². The minimum Gasteiger partial charge on any atom is -0.448 e. The van der Waals surface area contributed by atoms with Gasteiger partial charge in [0.15, 0.2) is 6.10 Å². The third kappa shape index (κ3) is 5.15. The van der Waals surface area contributed by atoms with E-state index in [2.05, 4.69) is 0 Å². The van der Waals surface area contributed by atoms with Crippen LogP contribution in [0, 0.1) is 11.3 Å². The monoisotopic (exact) mass is 315 g/mol. The summed E-state index contributed by atoms with van der Waals surface area (Å²) in [5.41, 5.74) is 1.56. The van der Waals surface area contributed by atoms with Crippen molar-refractivity contribution in [3.8, 4) is 6.07 Å². The van der Waals surface area contributed by atoms with E-state index in [1.165, 1.54) is 17.9 Å². The molecule has 0 saturated heterocycles. The van der Waals surface area contributed by atoms with Gasteiger partial charge in [0.25, 0.3) is 5.91 Å². The van der Waals surface area contributed by atoms with Crippen LogP contribution in [0.3, 0.4) is 0 Å². The van der Waals surface area contributed by atoms with Crippen LogP contribution in [0.4, 0.5) is 5.69 Å². The third-order valence-corrected chi connectivity index (χ3v) is 3.13. The molecule has 1 rings (SSSR count). The van der Waals surface area contributed by atoms with Crippen molar-refractivity contribution in [2.75, 3.05) is 33.1 Å². The van der Waals surface area contributed by atoms with E-state index in [9.17, 15) is 9.59 Å². The van der Waals surface area contributed by atoms with Crippen molar-refractivity contribution in [2.24, 2.45) is 0 Å². The van der Waals surface area contributed by atoms with Gasteiger partial charge in [-0.25, -0.2) is 4.79 Å². The van der Waals surface area contributed by atoms with Crippen molar-refractivity contribution in [3.05, 3.63) is 35.4 Å². The summed E-state index contributed by atoms with van der Waals surface area (Å²) in [6, 6.07) is 9.17. The normalized spacial score (nSPS) is 12.1. The molecule has 0 spiro atoms. The molecule has 0 aromatic heterocycles. The van der Waals surface area contributed by atoms with Gasteiger partial charge in [0.05, 0.1) is 0 Å². The van der Waals surface area contributed by atoms with Crippen molar-refractivity contribution >= 4 is 23.6 Å². The third-order valence-electron chi connectivity index (χ3n) is 3.13. The molecule has 6 nitrogen and oxygen atoms in total. The zero-order chi connectivity index (χ0) is 17.6. The molecule has 122 valence electrons. The number of likely N-dealkylation sites (N-methyl/N-ethyl adjacent to an activating group) is 1. The van der Waals surface area contributed by atoms with Crippen LogP contribution in [0.2, 0.25) is 0 Å². The highest BCUT2D eigenvalue weighted by Crippen LogP contribution is 2.15. The lowest BCUT2D eigenvalue weighted by molar-refractivity contribution is -0.154. The molecule has 6 heteroatoms. The van der Waals surface area contributed by atoms with Crippen LogP contribution < -0.4 is 4.90 Å². The van der Waals surface area contributed by atoms with Crippen molar-refractivity contribution in [1.82, 2.24) is 4.90 Å². The molecule has 0 saturated carbocycles. The van der Waals surface area contributed by atoms with Crippen LogP contribution >= 0.6 is 0 Å². The van der Waals surface area contributed by atoms with E-state index in [4.69, 9.17) is 10.00 Å². The maximum absolute atomic E-state index is 12.0. The number of rotatable bonds is 5. The first kappa shape index (κ1) is 18.2. The Morgan fingerprint density at radius 1 is 1.17 bits per heavy atom. The number of benzene rings is 1. The largest absolute Gasteiger partial charge is 0.448 e. The number of nitriles is 1. The number of nitrogens with zero attached hydrogens (tertiary/aromatic N) is 3. The predicted octanol–water partition coefficient (Wildman–Crippen LogP) is 1.68. The molecule has 1 atom stereocenters. The lowest BCUT2D eigenvalue weighted by Gasteiger charge is -2.16. The molecule has 0 aliphatic carbocycles. The van der Waals surface area contributed by atoms with Gasteiger partial charge in [-0.05, 0) is 30.7 Å². The summed E-state index contributed by atoms with van der Waals surface area (Å²) in [5.74, 6) is -1.15. The maximum Gasteiger partial charge on any atom is 0.349 e. The van der Waals surface area contributed by atoms with Crippen LogP contribution in [0.15, 0.2) is 29.8 Å². The van der Waals surface area contributed by atoms with E-state index in [-0.39, 0.29) is 11.5 Å². The van der Waals surface area contributed by atoms with Crippen LogP contribution in [-0.4, -0.2) is 51.1 Å². The van der Waals surface area contributed by atoms with Gasteiger partial charge in [0.1, 0.15) is 11.6 Å². The van der Waals surface area contributed by atoms with Gasteiger partial charge >= 0.3 is 5.97 Å². The molecule has 0 aliphatic rings. The summed E-state index contributed by atoms with van der Waals surface area (Å²) in [4.78, 5) is 27.0. The smallest absolute Gasteiger partial charge is 0.349 e. The van der Waals surface area contributed by atoms with Crippen LogP contribution in [0.1, 0.15) is 12.5 Å². The summed E-state index contributed by atoms with van der Waals surface area (Å²) < 4.78 is 5.03. The van der Waals surface area contributed by atoms with Crippen LogP contribution in [0.5, 0.6) is 0 Å². The van der Waals surface area contributed by atoms with Gasteiger partial charge in [-0.15, -0.1) is 0 Å². The molecular weight excluding hydrogens is 294 g/mol. The van der Waals surface area contributed by atoms with E-state index in [1.54, 1.807) is 26.2 Å². The van der Waals surface area contributed by atoms with Crippen molar-refractivity contribution in [3.63, 3.8) is 0 Å². The Kier molecular flexibility index (Phi) is 6.34. The molecule has 0 fully saturated rings. The molecule has 0 N–H and O–H groups in total. The Balaban J connectivity index is 2.88. The summed E-state index contributed by atoms with van der Waals surface area (Å²) in [7, 11) is 6.98. The van der Waals surface area contributed by atoms with E-state index >= 15 is 0 Å². The van der Waals surface area contributed by atoms with E-state index in [0.717, 1.165) is 5.69 Å². The molecule has 0 heterocycles. The van der Waals surface area contributed by atoms with Crippen LogP contribution in [0.25, 0.3) is 6.08 Å². The fourth-order valence-corrected chi connectivity index (χ4v) is 1.81. The summed E-state index contributed by atoms with van der Waals surface area (Å²) in [6.07, 6.45) is 0.500. The first-order valence-corrected chi connectivity index (χ1v) is 7.07. The Labute approximate surface area is 136 Å². The second-order valence-corrected chi connectivity index (χ2v) is 5.44. The zero-order valence-corrected chi connectivity index (χ0v) is 14.0. The van der Waals surface area contributed by atoms with Crippen molar-refractivity contribution in [1.29, 1.82) is 5.26 Å². The number of hydrogen-bond acceptors (Lipinski definition) is 5. The van der Waals surface area contributed by atoms with Crippen molar-refractivity contribution in [2.45, 2.75) is 13.0 Å². The zero-order valence-electron chi connectivity index (χ0n) is 14.0. The van der Waals surface area contributed by atoms with E-state index in [1.807, 2.05) is 37.2 Å². The minimum atomic E-state index is -0.939. The molecule has 0 unspecified atom stereocenters. The number of ether oxygens (including phenoxy) is 1. The summed E-state index contributed by atoms with van der Waals surface area (Å²) in [6.45, 7) is 1.47. The average molecular weight is 315 g/mol. The Morgan fingerprint density at radius 3 is 2.17 bits per heavy atom. The summed E-state index contributed by atoms with van der Waals surface area (Å²) >= 11 is 0. The van der Waals surface area contributed by atoms with Gasteiger partial charge in [-0.2, -0.15) is 5.26 Å². The van der Waals surface area contributed by atoms with Gasteiger partial charge < -0.3 is 14.5 Å². The van der Waals surface area contributed by atoms with Gasteiger partial charge in [-0.3, -0.25) is 4.79 Å². The number of amides is 1. The van der Waals surface area contributed by atoms with Gasteiger partial charge in [0, 0.05) is 33.9 Å². The molecule has 1 aromatic carbocycles. The summed E-state index contributed by atoms with van der Waals surface area (Å²) in [5, 5.41) is 9.14. The number of carbonyl (C=O) groups excluding carboxylic acids is 2. The minimum absolute atomic E-state index is 0.152. The molecule has 0 bridgehead atoms. The van der Waals surface area contributed by atoms with E-state index in [0.29, 0.717) is 5.56 Å². The molecular formula is C17H21N3O3. The highest BCUT2D eigenvalue weighted by Gasteiger charge is 2.21. The Hall–Kier alpha value is -2.81. The first-order chi connectivity index (χ1) is 10.8.